The van der Waals surface area contributed by atoms with Crippen LogP contribution < -0.4 is 5.32 Å². The molecule has 0 saturated carbocycles. The second-order valence-corrected chi connectivity index (χ2v) is 10.3. The lowest BCUT2D eigenvalue weighted by atomic mass is 9.58. The lowest BCUT2D eigenvalue weighted by molar-refractivity contribution is -0.128. The minimum Gasteiger partial charge on any atom is -0.311 e. The molecule has 4 atom stereocenters. The van der Waals surface area contributed by atoms with Gasteiger partial charge in [-0.25, -0.2) is 0 Å². The Bertz CT molecular complexity index is 443. The zero-order valence-corrected chi connectivity index (χ0v) is 17.9. The lowest BCUT2D eigenvalue weighted by Crippen LogP contribution is -2.52. The highest BCUT2D eigenvalue weighted by Gasteiger charge is 2.46. The van der Waals surface area contributed by atoms with E-state index in [1.165, 1.54) is 12.8 Å². The molecule has 0 aliphatic carbocycles. The van der Waals surface area contributed by atoms with Crippen molar-refractivity contribution in [1.82, 2.24) is 5.32 Å². The second-order valence-electron chi connectivity index (χ2n) is 10.3. The van der Waals surface area contributed by atoms with Crippen molar-refractivity contribution < 1.29 is 4.79 Å². The highest BCUT2D eigenvalue weighted by atomic mass is 16.1. The van der Waals surface area contributed by atoms with Crippen LogP contribution in [0.5, 0.6) is 0 Å². The summed E-state index contributed by atoms with van der Waals surface area (Å²) >= 11 is 0. The quantitative estimate of drug-likeness (QED) is 0.682. The van der Waals surface area contributed by atoms with Crippen LogP contribution in [0.3, 0.4) is 0 Å². The van der Waals surface area contributed by atoms with Crippen LogP contribution in [0.15, 0.2) is 0 Å². The lowest BCUT2D eigenvalue weighted by Gasteiger charge is -2.50. The second kappa shape index (κ2) is 7.48. The van der Waals surface area contributed by atoms with Crippen LogP contribution in [0.1, 0.15) is 101 Å². The number of rotatable bonds is 4. The van der Waals surface area contributed by atoms with Gasteiger partial charge in [-0.3, -0.25) is 4.79 Å². The van der Waals surface area contributed by atoms with Crippen LogP contribution in [0, 0.1) is 22.2 Å². The summed E-state index contributed by atoms with van der Waals surface area (Å²) in [5.41, 5.74) is 0.664. The molecule has 0 aromatic rings. The monoisotopic (exact) mass is 337 g/mol. The van der Waals surface area contributed by atoms with Crippen LogP contribution in [-0.4, -0.2) is 17.9 Å². The molecule has 2 heteroatoms. The van der Waals surface area contributed by atoms with Crippen molar-refractivity contribution in [3.05, 3.63) is 0 Å². The topological polar surface area (TPSA) is 29.1 Å². The molecule has 1 fully saturated rings. The summed E-state index contributed by atoms with van der Waals surface area (Å²) in [7, 11) is 0. The number of ketones is 1. The highest BCUT2D eigenvalue weighted by molar-refractivity contribution is 5.79. The molecule has 0 bridgehead atoms. The molecule has 2 nitrogen and oxygen atoms in total. The van der Waals surface area contributed by atoms with Gasteiger partial charge in [0, 0.05) is 18.0 Å². The van der Waals surface area contributed by atoms with Crippen molar-refractivity contribution >= 4 is 5.78 Å². The fourth-order valence-electron chi connectivity index (χ4n) is 5.08. The molecule has 1 rings (SSSR count). The average Bonchev–Trinajstić information content (AvgIpc) is 2.49. The molecule has 0 aromatic carbocycles. The van der Waals surface area contributed by atoms with Crippen molar-refractivity contribution in [3.63, 3.8) is 0 Å². The van der Waals surface area contributed by atoms with Gasteiger partial charge in [0.05, 0.1) is 0 Å². The molecule has 1 N–H and O–H groups in total. The molecule has 1 unspecified atom stereocenters. The molecule has 142 valence electrons. The number of hydrogen-bond acceptors (Lipinski definition) is 2. The molecule has 0 aromatic heterocycles. The number of hydrogen-bond donors (Lipinski definition) is 1. The maximum atomic E-state index is 12.7. The van der Waals surface area contributed by atoms with E-state index in [0.717, 1.165) is 32.2 Å². The first-order valence-corrected chi connectivity index (χ1v) is 10.1. The van der Waals surface area contributed by atoms with E-state index >= 15 is 0 Å². The molecule has 0 spiro atoms. The minimum absolute atomic E-state index is 0.0643. The maximum absolute atomic E-state index is 12.7. The van der Waals surface area contributed by atoms with Crippen LogP contribution >= 0.6 is 0 Å². The third-order valence-corrected chi connectivity index (χ3v) is 7.24. The summed E-state index contributed by atoms with van der Waals surface area (Å²) in [6, 6.07) is 0. The Hall–Kier alpha value is -0.370. The largest absolute Gasteiger partial charge is 0.311 e. The smallest absolute Gasteiger partial charge is 0.133 e. The molecule has 0 amide bonds. The summed E-state index contributed by atoms with van der Waals surface area (Å²) in [6.45, 7) is 21.6. The Morgan fingerprint density at radius 3 is 1.88 bits per heavy atom. The standard InChI is InChI=1S/C22H43NO/c1-10-20(7)13-18(17(4)24)22(9,12-3)14-19(5,6)23-16-21(8,11-2)15-20/h18,23H,10-16H2,1-9H3/t18?,20-,21-,22-/m1/s1. The Balaban J connectivity index is 3.36. The summed E-state index contributed by atoms with van der Waals surface area (Å²) in [4.78, 5) is 12.7. The van der Waals surface area contributed by atoms with Gasteiger partial charge in [0.25, 0.3) is 0 Å². The van der Waals surface area contributed by atoms with Crippen molar-refractivity contribution in [2.75, 3.05) is 6.54 Å². The SMILES string of the molecule is CC[C@@]1(C)CNC(C)(C)C[C@@](C)(CC)C(C(C)=O)C[C@@](C)(CC)C1. The zero-order valence-electron chi connectivity index (χ0n) is 17.9. The number of Topliss-reactive ketones (excluding diaryl/α,β-unsaturated/α-hetero) is 1. The summed E-state index contributed by atoms with van der Waals surface area (Å²) in [5, 5.41) is 3.87. The first-order chi connectivity index (χ1) is 10.8. The van der Waals surface area contributed by atoms with Crippen molar-refractivity contribution in [2.24, 2.45) is 22.2 Å². The van der Waals surface area contributed by atoms with Crippen LogP contribution in [0.25, 0.3) is 0 Å². The first-order valence-electron chi connectivity index (χ1n) is 10.1. The zero-order chi connectivity index (χ0) is 18.8. The molecule has 1 aliphatic heterocycles. The maximum Gasteiger partial charge on any atom is 0.133 e. The van der Waals surface area contributed by atoms with Gasteiger partial charge < -0.3 is 5.32 Å². The fourth-order valence-corrected chi connectivity index (χ4v) is 5.08. The first kappa shape index (κ1) is 21.7. The van der Waals surface area contributed by atoms with Gasteiger partial charge in [-0.15, -0.1) is 0 Å². The van der Waals surface area contributed by atoms with Gasteiger partial charge >= 0.3 is 0 Å². The van der Waals surface area contributed by atoms with Gasteiger partial charge in [0.2, 0.25) is 0 Å². The van der Waals surface area contributed by atoms with E-state index in [1.807, 2.05) is 6.92 Å². The Morgan fingerprint density at radius 1 is 0.917 bits per heavy atom. The van der Waals surface area contributed by atoms with Crippen LogP contribution in [0.4, 0.5) is 0 Å². The number of carbonyl (C=O) groups is 1. The van der Waals surface area contributed by atoms with Crippen molar-refractivity contribution in [2.45, 2.75) is 106 Å². The molecule has 1 saturated heterocycles. The predicted molar refractivity (Wildman–Crippen MR) is 105 cm³/mol. The van der Waals surface area contributed by atoms with Gasteiger partial charge in [-0.05, 0) is 69.1 Å². The summed E-state index contributed by atoms with van der Waals surface area (Å²) in [6.07, 6.45) is 6.68. The minimum atomic E-state index is 0.0643. The fraction of sp³-hybridized carbons (Fsp3) is 0.955. The van der Waals surface area contributed by atoms with Crippen molar-refractivity contribution in [1.29, 1.82) is 0 Å². The molecule has 1 heterocycles. The molecular formula is C22H43NO. The average molecular weight is 338 g/mol. The van der Waals surface area contributed by atoms with Crippen LogP contribution in [-0.2, 0) is 4.79 Å². The van der Waals surface area contributed by atoms with E-state index in [2.05, 4.69) is 60.7 Å². The Kier molecular flexibility index (Phi) is 6.75. The summed E-state index contributed by atoms with van der Waals surface area (Å²) in [5.74, 6) is 0.543. The van der Waals surface area contributed by atoms with E-state index in [0.29, 0.717) is 11.2 Å². The van der Waals surface area contributed by atoms with Gasteiger partial charge in [-0.2, -0.15) is 0 Å². The molecule has 24 heavy (non-hydrogen) atoms. The van der Waals surface area contributed by atoms with E-state index in [1.54, 1.807) is 0 Å². The highest BCUT2D eigenvalue weighted by Crippen LogP contribution is 2.50. The normalized spacial score (nSPS) is 41.0. The van der Waals surface area contributed by atoms with E-state index in [4.69, 9.17) is 0 Å². The number of nitrogens with one attached hydrogen (secondary N) is 1. The van der Waals surface area contributed by atoms with E-state index in [-0.39, 0.29) is 22.3 Å². The van der Waals surface area contributed by atoms with E-state index < -0.39 is 0 Å². The van der Waals surface area contributed by atoms with Crippen LogP contribution in [0.2, 0.25) is 0 Å². The molecular weight excluding hydrogens is 294 g/mol. The van der Waals surface area contributed by atoms with Gasteiger partial charge in [-0.1, -0.05) is 48.0 Å². The third kappa shape index (κ3) is 5.07. The number of carbonyl (C=O) groups excluding carboxylic acids is 1. The Morgan fingerprint density at radius 2 is 1.46 bits per heavy atom. The molecule has 1 aliphatic rings. The predicted octanol–water partition coefficient (Wildman–Crippen LogP) is 5.99. The van der Waals surface area contributed by atoms with E-state index in [9.17, 15) is 4.79 Å². The third-order valence-electron chi connectivity index (χ3n) is 7.24. The Labute approximate surface area is 151 Å². The molecule has 0 radical (unpaired) electrons. The summed E-state index contributed by atoms with van der Waals surface area (Å²) < 4.78 is 0. The van der Waals surface area contributed by atoms with Gasteiger partial charge in [0.15, 0.2) is 0 Å². The van der Waals surface area contributed by atoms with Gasteiger partial charge in [0.1, 0.15) is 5.78 Å². The van der Waals surface area contributed by atoms with Crippen molar-refractivity contribution in [3.8, 4) is 0 Å².